The van der Waals surface area contributed by atoms with Crippen LogP contribution >= 0.6 is 0 Å². The minimum atomic E-state index is 0.530. The van der Waals surface area contributed by atoms with Crippen LogP contribution in [0.25, 0.3) is 0 Å². The van der Waals surface area contributed by atoms with E-state index in [1.165, 1.54) is 60.8 Å². The van der Waals surface area contributed by atoms with E-state index in [9.17, 15) is 5.11 Å². The highest BCUT2D eigenvalue weighted by molar-refractivity contribution is 5.49. The molecule has 0 amide bonds. The van der Waals surface area contributed by atoms with Gasteiger partial charge in [0.2, 0.25) is 0 Å². The lowest BCUT2D eigenvalue weighted by Crippen LogP contribution is -2.03. The summed E-state index contributed by atoms with van der Waals surface area (Å²) in [4.78, 5) is 0. The zero-order chi connectivity index (χ0) is 15.0. The molecule has 114 valence electrons. The fourth-order valence-corrected chi connectivity index (χ4v) is 2.92. The molecule has 0 heterocycles. The number of hydrogen-bond acceptors (Lipinski definition) is 1. The first-order valence-electron chi connectivity index (χ1n) is 8.48. The van der Waals surface area contributed by atoms with Crippen molar-refractivity contribution in [3.8, 4) is 5.75 Å². The van der Waals surface area contributed by atoms with Crippen LogP contribution in [0.4, 0.5) is 0 Å². The van der Waals surface area contributed by atoms with E-state index in [0.717, 1.165) is 19.3 Å². The molecule has 1 rings (SSSR count). The van der Waals surface area contributed by atoms with Gasteiger partial charge in [0.1, 0.15) is 5.75 Å². The largest absolute Gasteiger partial charge is 0.508 e. The summed E-state index contributed by atoms with van der Waals surface area (Å²) >= 11 is 0. The van der Waals surface area contributed by atoms with Crippen LogP contribution < -0.4 is 0 Å². The number of aryl methyl sites for hydroxylation is 1. The second-order valence-electron chi connectivity index (χ2n) is 5.95. The summed E-state index contributed by atoms with van der Waals surface area (Å²) in [6.07, 6.45) is 10.5. The Kier molecular flexibility index (Phi) is 7.72. The van der Waals surface area contributed by atoms with Crippen LogP contribution in [-0.4, -0.2) is 5.11 Å². The Bertz CT molecular complexity index is 407. The average Bonchev–Trinajstić information content (AvgIpc) is 2.44. The Balaban J connectivity index is 3.10. The predicted octanol–water partition coefficient (Wildman–Crippen LogP) is 5.73. The lowest BCUT2D eigenvalue weighted by molar-refractivity contribution is 0.464. The Hall–Kier alpha value is -0.980. The number of rotatable bonds is 9. The van der Waals surface area contributed by atoms with Gasteiger partial charge in [-0.05, 0) is 73.8 Å². The fourth-order valence-electron chi connectivity index (χ4n) is 2.92. The maximum Gasteiger partial charge on any atom is 0.119 e. The second kappa shape index (κ2) is 9.05. The lowest BCUT2D eigenvalue weighted by atomic mass is 9.88. The first-order valence-corrected chi connectivity index (χ1v) is 8.48. The molecular formula is C19H32O. The van der Waals surface area contributed by atoms with E-state index in [2.05, 4.69) is 33.8 Å². The molecule has 0 spiro atoms. The van der Waals surface area contributed by atoms with Gasteiger partial charge in [0.15, 0.2) is 0 Å². The van der Waals surface area contributed by atoms with Crippen molar-refractivity contribution in [1.82, 2.24) is 0 Å². The van der Waals surface area contributed by atoms with E-state index >= 15 is 0 Å². The SMILES string of the molecule is CCCCc1cc(O)c(CCCC)c(C)c1CCCC. The molecular weight excluding hydrogens is 244 g/mol. The summed E-state index contributed by atoms with van der Waals surface area (Å²) in [6.45, 7) is 8.90. The van der Waals surface area contributed by atoms with Crippen LogP contribution in [0.5, 0.6) is 5.75 Å². The van der Waals surface area contributed by atoms with Gasteiger partial charge in [0.05, 0.1) is 0 Å². The van der Waals surface area contributed by atoms with Gasteiger partial charge in [-0.25, -0.2) is 0 Å². The topological polar surface area (TPSA) is 20.2 Å². The molecule has 0 aliphatic heterocycles. The van der Waals surface area contributed by atoms with Crippen LogP contribution in [0, 0.1) is 6.92 Å². The highest BCUT2D eigenvalue weighted by Crippen LogP contribution is 2.31. The first kappa shape index (κ1) is 17.1. The number of benzene rings is 1. The van der Waals surface area contributed by atoms with E-state index in [0.29, 0.717) is 5.75 Å². The smallest absolute Gasteiger partial charge is 0.119 e. The normalized spacial score (nSPS) is 11.0. The molecule has 0 aliphatic carbocycles. The minimum Gasteiger partial charge on any atom is -0.508 e. The van der Waals surface area contributed by atoms with E-state index in [1.807, 2.05) is 0 Å². The fraction of sp³-hybridized carbons (Fsp3) is 0.684. The molecule has 0 atom stereocenters. The van der Waals surface area contributed by atoms with Gasteiger partial charge in [0.25, 0.3) is 0 Å². The Morgan fingerprint density at radius 1 is 0.800 bits per heavy atom. The van der Waals surface area contributed by atoms with Gasteiger partial charge >= 0.3 is 0 Å². The van der Waals surface area contributed by atoms with Crippen molar-refractivity contribution in [2.45, 2.75) is 85.5 Å². The van der Waals surface area contributed by atoms with Crippen LogP contribution in [0.2, 0.25) is 0 Å². The standard InChI is InChI=1S/C19H32O/c1-5-8-11-16-14-19(20)18(13-10-7-3)15(4)17(16)12-9-6-2/h14,20H,5-13H2,1-4H3. The van der Waals surface area contributed by atoms with Crippen molar-refractivity contribution in [1.29, 1.82) is 0 Å². The third-order valence-electron chi connectivity index (χ3n) is 4.27. The molecule has 0 radical (unpaired) electrons. The van der Waals surface area contributed by atoms with E-state index < -0.39 is 0 Å². The van der Waals surface area contributed by atoms with Crippen LogP contribution in [-0.2, 0) is 19.3 Å². The summed E-state index contributed by atoms with van der Waals surface area (Å²) in [7, 11) is 0. The van der Waals surface area contributed by atoms with Crippen molar-refractivity contribution in [2.24, 2.45) is 0 Å². The third kappa shape index (κ3) is 4.54. The van der Waals surface area contributed by atoms with E-state index in [1.54, 1.807) is 0 Å². The summed E-state index contributed by atoms with van der Waals surface area (Å²) in [5.41, 5.74) is 5.45. The zero-order valence-electron chi connectivity index (χ0n) is 13.9. The van der Waals surface area contributed by atoms with Crippen molar-refractivity contribution >= 4 is 0 Å². The summed E-state index contributed by atoms with van der Waals surface area (Å²) in [6, 6.07) is 2.05. The number of unbranched alkanes of at least 4 members (excludes halogenated alkanes) is 3. The molecule has 1 nitrogen and oxygen atoms in total. The molecule has 0 saturated heterocycles. The van der Waals surface area contributed by atoms with Crippen LogP contribution in [0.1, 0.15) is 81.5 Å². The minimum absolute atomic E-state index is 0.530. The predicted molar refractivity (Wildman–Crippen MR) is 88.7 cm³/mol. The summed E-state index contributed by atoms with van der Waals surface area (Å²) in [5.74, 6) is 0.530. The lowest BCUT2D eigenvalue weighted by Gasteiger charge is -2.18. The van der Waals surface area contributed by atoms with Crippen LogP contribution in [0.15, 0.2) is 6.07 Å². The molecule has 0 aromatic heterocycles. The number of phenolic OH excluding ortho intramolecular Hbond substituents is 1. The molecule has 0 bridgehead atoms. The van der Waals surface area contributed by atoms with Gasteiger partial charge in [0, 0.05) is 0 Å². The maximum atomic E-state index is 10.3. The van der Waals surface area contributed by atoms with Gasteiger partial charge in [-0.2, -0.15) is 0 Å². The molecule has 0 aliphatic rings. The third-order valence-corrected chi connectivity index (χ3v) is 4.27. The van der Waals surface area contributed by atoms with Gasteiger partial charge in [-0.3, -0.25) is 0 Å². The maximum absolute atomic E-state index is 10.3. The van der Waals surface area contributed by atoms with Crippen LogP contribution in [0.3, 0.4) is 0 Å². The average molecular weight is 276 g/mol. The molecule has 20 heavy (non-hydrogen) atoms. The van der Waals surface area contributed by atoms with Crippen molar-refractivity contribution in [2.75, 3.05) is 0 Å². The molecule has 0 unspecified atom stereocenters. The van der Waals surface area contributed by atoms with Crippen molar-refractivity contribution < 1.29 is 5.11 Å². The van der Waals surface area contributed by atoms with Gasteiger partial charge in [-0.15, -0.1) is 0 Å². The van der Waals surface area contributed by atoms with Crippen molar-refractivity contribution in [3.63, 3.8) is 0 Å². The zero-order valence-corrected chi connectivity index (χ0v) is 13.9. The quantitative estimate of drug-likeness (QED) is 0.611. The van der Waals surface area contributed by atoms with Gasteiger partial charge < -0.3 is 5.11 Å². The highest BCUT2D eigenvalue weighted by atomic mass is 16.3. The number of phenols is 1. The number of aromatic hydroxyl groups is 1. The summed E-state index contributed by atoms with van der Waals surface area (Å²) < 4.78 is 0. The highest BCUT2D eigenvalue weighted by Gasteiger charge is 2.14. The molecule has 0 fully saturated rings. The van der Waals surface area contributed by atoms with E-state index in [4.69, 9.17) is 0 Å². The van der Waals surface area contributed by atoms with Crippen molar-refractivity contribution in [3.05, 3.63) is 28.3 Å². The molecule has 1 aromatic rings. The Labute approximate surface area is 125 Å². The molecule has 0 saturated carbocycles. The summed E-state index contributed by atoms with van der Waals surface area (Å²) in [5, 5.41) is 10.3. The molecule has 1 aromatic carbocycles. The first-order chi connectivity index (χ1) is 9.65. The van der Waals surface area contributed by atoms with Gasteiger partial charge in [-0.1, -0.05) is 40.0 Å². The Morgan fingerprint density at radius 2 is 1.30 bits per heavy atom. The second-order valence-corrected chi connectivity index (χ2v) is 5.95. The van der Waals surface area contributed by atoms with E-state index in [-0.39, 0.29) is 0 Å². The molecule has 1 heteroatoms. The number of hydrogen-bond donors (Lipinski definition) is 1. The molecule has 1 N–H and O–H groups in total. The monoisotopic (exact) mass is 276 g/mol. The Morgan fingerprint density at radius 3 is 1.85 bits per heavy atom.